The van der Waals surface area contributed by atoms with Gasteiger partial charge in [-0.15, -0.1) is 6.58 Å². The first-order chi connectivity index (χ1) is 11.7. The van der Waals surface area contributed by atoms with Crippen LogP contribution in [-0.4, -0.2) is 8.32 Å². The van der Waals surface area contributed by atoms with Crippen LogP contribution in [0.2, 0.25) is 10.0 Å². The Bertz CT molecular complexity index is 795. The Morgan fingerprint density at radius 2 is 1.29 bits per heavy atom. The molecule has 1 nitrogen and oxygen atoms in total. The lowest BCUT2D eigenvalue weighted by molar-refractivity contribution is 0.576. The molecule has 0 aliphatic rings. The second-order valence-electron chi connectivity index (χ2n) is 5.35. The van der Waals surface area contributed by atoms with Crippen LogP contribution in [0.4, 0.5) is 0 Å². The van der Waals surface area contributed by atoms with E-state index in [0.717, 1.165) is 10.4 Å². The molecular formula is C20H16Cl2OSi. The highest BCUT2D eigenvalue weighted by atomic mass is 35.5. The summed E-state index contributed by atoms with van der Waals surface area (Å²) in [5.74, 6) is 0.684. The molecule has 0 N–H and O–H groups in total. The van der Waals surface area contributed by atoms with Crippen LogP contribution in [0.5, 0.6) is 5.75 Å². The minimum absolute atomic E-state index is 0.474. The minimum atomic E-state index is -2.64. The van der Waals surface area contributed by atoms with Crippen molar-refractivity contribution in [3.05, 3.63) is 101 Å². The molecule has 0 heterocycles. The summed E-state index contributed by atoms with van der Waals surface area (Å²) in [5, 5.41) is 3.23. The lowest BCUT2D eigenvalue weighted by Gasteiger charge is -2.30. The van der Waals surface area contributed by atoms with E-state index in [1.165, 1.54) is 0 Å². The third-order valence-corrected chi connectivity index (χ3v) is 8.12. The highest BCUT2D eigenvalue weighted by Crippen LogP contribution is 2.28. The van der Waals surface area contributed by atoms with Crippen LogP contribution in [0.15, 0.2) is 91.1 Å². The molecule has 24 heavy (non-hydrogen) atoms. The molecule has 0 saturated carbocycles. The monoisotopic (exact) mass is 370 g/mol. The van der Waals surface area contributed by atoms with E-state index in [0.29, 0.717) is 15.8 Å². The van der Waals surface area contributed by atoms with Crippen molar-refractivity contribution >= 4 is 41.9 Å². The van der Waals surface area contributed by atoms with Crippen LogP contribution < -0.4 is 14.8 Å². The van der Waals surface area contributed by atoms with Crippen LogP contribution in [0.25, 0.3) is 0 Å². The molecule has 3 aromatic rings. The van der Waals surface area contributed by atoms with Crippen LogP contribution in [0, 0.1) is 0 Å². The van der Waals surface area contributed by atoms with Crippen molar-refractivity contribution in [1.29, 1.82) is 0 Å². The number of hydrogen-bond donors (Lipinski definition) is 0. The van der Waals surface area contributed by atoms with Gasteiger partial charge in [0.2, 0.25) is 0 Å². The first-order valence-corrected chi connectivity index (χ1v) is 10.3. The Balaban J connectivity index is 2.14. The smallest absolute Gasteiger partial charge is 0.339 e. The Kier molecular flexibility index (Phi) is 5.10. The zero-order chi connectivity index (χ0) is 17.0. The summed E-state index contributed by atoms with van der Waals surface area (Å²) in [6.45, 7) is 4.10. The summed E-state index contributed by atoms with van der Waals surface area (Å²) in [5.41, 5.74) is 1.94. The summed E-state index contributed by atoms with van der Waals surface area (Å²) < 4.78 is 6.54. The van der Waals surface area contributed by atoms with Crippen molar-refractivity contribution in [2.45, 2.75) is 0 Å². The third-order valence-electron chi connectivity index (χ3n) is 3.86. The van der Waals surface area contributed by atoms with Gasteiger partial charge in [0.25, 0.3) is 0 Å². The molecule has 3 aromatic carbocycles. The maximum Gasteiger partial charge on any atom is 0.339 e. The average Bonchev–Trinajstić information content (AvgIpc) is 2.64. The molecule has 0 amide bonds. The van der Waals surface area contributed by atoms with Crippen LogP contribution in [0.1, 0.15) is 0 Å². The molecule has 0 atom stereocenters. The quantitative estimate of drug-likeness (QED) is 0.582. The lowest BCUT2D eigenvalue weighted by atomic mass is 10.3. The summed E-state index contributed by atoms with van der Waals surface area (Å²) >= 11 is 12.2. The fraction of sp³-hybridized carbons (Fsp3) is 0. The molecule has 0 bridgehead atoms. The van der Waals surface area contributed by atoms with Gasteiger partial charge in [-0.2, -0.15) is 0 Å². The van der Waals surface area contributed by atoms with E-state index in [2.05, 4.69) is 30.8 Å². The molecule has 3 rings (SSSR count). The normalized spacial score (nSPS) is 11.1. The van der Waals surface area contributed by atoms with E-state index < -0.39 is 8.32 Å². The van der Waals surface area contributed by atoms with Gasteiger partial charge in [0.15, 0.2) is 0 Å². The zero-order valence-corrected chi connectivity index (χ0v) is 15.5. The van der Waals surface area contributed by atoms with E-state index >= 15 is 0 Å². The maximum absolute atomic E-state index is 6.54. The van der Waals surface area contributed by atoms with Gasteiger partial charge in [-0.3, -0.25) is 0 Å². The third kappa shape index (κ3) is 3.27. The van der Waals surface area contributed by atoms with Crippen molar-refractivity contribution in [3.63, 3.8) is 0 Å². The standard InChI is InChI=1S/C20H16Cl2OSi/c1-2-24(17-9-5-3-6-10-17,18-11-7-4-8-12-18)23-16-13-14-19(21)20(22)15-16/h2-15H,1H2. The second-order valence-corrected chi connectivity index (χ2v) is 9.40. The van der Waals surface area contributed by atoms with Gasteiger partial charge >= 0.3 is 8.32 Å². The van der Waals surface area contributed by atoms with Gasteiger partial charge in [-0.25, -0.2) is 0 Å². The van der Waals surface area contributed by atoms with Crippen LogP contribution in [0.3, 0.4) is 0 Å². The first kappa shape index (κ1) is 16.8. The van der Waals surface area contributed by atoms with Gasteiger partial charge in [0, 0.05) is 0 Å². The Hall–Kier alpha value is -2.00. The molecule has 0 radical (unpaired) electrons. The molecular weight excluding hydrogens is 355 g/mol. The Morgan fingerprint density at radius 1 is 0.750 bits per heavy atom. The summed E-state index contributed by atoms with van der Waals surface area (Å²) in [7, 11) is -2.64. The predicted molar refractivity (Wildman–Crippen MR) is 105 cm³/mol. The molecule has 4 heteroatoms. The Labute approximate surface area is 153 Å². The van der Waals surface area contributed by atoms with Gasteiger partial charge in [-0.1, -0.05) is 89.6 Å². The number of hydrogen-bond acceptors (Lipinski definition) is 1. The summed E-state index contributed by atoms with van der Waals surface area (Å²) in [6.07, 6.45) is 0. The molecule has 0 spiro atoms. The van der Waals surface area contributed by atoms with Crippen LogP contribution >= 0.6 is 23.2 Å². The summed E-state index contributed by atoms with van der Waals surface area (Å²) in [6, 6.07) is 25.7. The van der Waals surface area contributed by atoms with Crippen molar-refractivity contribution in [2.24, 2.45) is 0 Å². The fourth-order valence-electron chi connectivity index (χ4n) is 2.66. The molecule has 0 unspecified atom stereocenters. The molecule has 0 aliphatic carbocycles. The predicted octanol–water partition coefficient (Wildman–Crippen LogP) is 4.86. The highest BCUT2D eigenvalue weighted by Gasteiger charge is 2.38. The summed E-state index contributed by atoms with van der Waals surface area (Å²) in [4.78, 5) is 0. The highest BCUT2D eigenvalue weighted by molar-refractivity contribution is 7.01. The minimum Gasteiger partial charge on any atom is -0.531 e. The van der Waals surface area contributed by atoms with Gasteiger partial charge < -0.3 is 4.43 Å². The van der Waals surface area contributed by atoms with E-state index in [4.69, 9.17) is 27.6 Å². The van der Waals surface area contributed by atoms with E-state index in [1.807, 2.05) is 48.2 Å². The van der Waals surface area contributed by atoms with Crippen molar-refractivity contribution in [2.75, 3.05) is 0 Å². The number of benzene rings is 3. The van der Waals surface area contributed by atoms with Crippen LogP contribution in [-0.2, 0) is 0 Å². The largest absolute Gasteiger partial charge is 0.531 e. The maximum atomic E-state index is 6.54. The van der Waals surface area contributed by atoms with Gasteiger partial charge in [0.05, 0.1) is 10.0 Å². The molecule has 0 saturated heterocycles. The van der Waals surface area contributed by atoms with Crippen molar-refractivity contribution < 1.29 is 4.43 Å². The Morgan fingerprint density at radius 3 is 1.75 bits per heavy atom. The van der Waals surface area contributed by atoms with Gasteiger partial charge in [0.1, 0.15) is 5.75 Å². The SMILES string of the molecule is C=C[Si](Oc1ccc(Cl)c(Cl)c1)(c1ccccc1)c1ccccc1. The number of rotatable bonds is 5. The second kappa shape index (κ2) is 7.26. The number of halogens is 2. The van der Waals surface area contributed by atoms with E-state index in [1.54, 1.807) is 12.1 Å². The first-order valence-electron chi connectivity index (χ1n) is 7.54. The fourth-order valence-corrected chi connectivity index (χ4v) is 5.95. The molecule has 0 fully saturated rings. The topological polar surface area (TPSA) is 9.23 Å². The molecule has 0 aliphatic heterocycles. The van der Waals surface area contributed by atoms with Gasteiger partial charge in [-0.05, 0) is 28.6 Å². The van der Waals surface area contributed by atoms with E-state index in [9.17, 15) is 0 Å². The van der Waals surface area contributed by atoms with Crippen molar-refractivity contribution in [3.8, 4) is 5.75 Å². The van der Waals surface area contributed by atoms with Crippen molar-refractivity contribution in [1.82, 2.24) is 0 Å². The van der Waals surface area contributed by atoms with E-state index in [-0.39, 0.29) is 0 Å². The molecule has 0 aromatic heterocycles. The lowest BCUT2D eigenvalue weighted by Crippen LogP contribution is -2.62. The molecule has 120 valence electrons. The average molecular weight is 371 g/mol. The zero-order valence-electron chi connectivity index (χ0n) is 13.0.